The van der Waals surface area contributed by atoms with Crippen molar-refractivity contribution in [1.82, 2.24) is 4.90 Å². The highest BCUT2D eigenvalue weighted by atomic mass is 16.2. The van der Waals surface area contributed by atoms with Crippen molar-refractivity contribution >= 4 is 11.6 Å². The van der Waals surface area contributed by atoms with Crippen LogP contribution in [0.5, 0.6) is 0 Å². The summed E-state index contributed by atoms with van der Waals surface area (Å²) in [4.78, 5) is 14.5. The lowest BCUT2D eigenvalue weighted by Gasteiger charge is -2.27. The molecule has 1 saturated carbocycles. The van der Waals surface area contributed by atoms with E-state index in [2.05, 4.69) is 20.8 Å². The minimum atomic E-state index is 0.0416. The Kier molecular flexibility index (Phi) is 3.83. The third kappa shape index (κ3) is 4.27. The van der Waals surface area contributed by atoms with Gasteiger partial charge < -0.3 is 10.6 Å². The zero-order valence-electron chi connectivity index (χ0n) is 12.1. The van der Waals surface area contributed by atoms with Gasteiger partial charge in [0.15, 0.2) is 0 Å². The Hall–Kier alpha value is -1.51. The number of nitrogen functional groups attached to an aromatic ring is 1. The Bertz CT molecular complexity index is 458. The minimum absolute atomic E-state index is 0.0416. The van der Waals surface area contributed by atoms with Crippen LogP contribution < -0.4 is 5.73 Å². The van der Waals surface area contributed by atoms with Crippen LogP contribution in [-0.2, 0) is 11.3 Å². The summed E-state index contributed by atoms with van der Waals surface area (Å²) in [5, 5.41) is 0. The number of rotatable bonds is 4. The first kappa shape index (κ1) is 13.9. The molecule has 0 saturated heterocycles. The summed E-state index contributed by atoms with van der Waals surface area (Å²) in [6, 6.07) is 8.26. The second kappa shape index (κ2) is 5.24. The average molecular weight is 260 g/mol. The van der Waals surface area contributed by atoms with Crippen molar-refractivity contribution in [3.63, 3.8) is 0 Å². The van der Waals surface area contributed by atoms with Crippen LogP contribution in [0.3, 0.4) is 0 Å². The number of carbonyl (C=O) groups excluding carboxylic acids is 1. The monoisotopic (exact) mass is 260 g/mol. The molecule has 3 heteroatoms. The number of nitrogens with two attached hydrogens (primary N) is 1. The molecule has 3 nitrogen and oxygen atoms in total. The van der Waals surface area contributed by atoms with E-state index < -0.39 is 0 Å². The molecule has 1 aliphatic carbocycles. The quantitative estimate of drug-likeness (QED) is 0.845. The van der Waals surface area contributed by atoms with Crippen LogP contribution in [0.2, 0.25) is 0 Å². The van der Waals surface area contributed by atoms with E-state index in [0.29, 0.717) is 19.0 Å². The maximum Gasteiger partial charge on any atom is 0.223 e. The maximum absolute atomic E-state index is 12.4. The van der Waals surface area contributed by atoms with Gasteiger partial charge in [0.1, 0.15) is 0 Å². The molecule has 104 valence electrons. The first-order valence-corrected chi connectivity index (χ1v) is 6.99. The van der Waals surface area contributed by atoms with Crippen molar-refractivity contribution in [3.05, 3.63) is 29.8 Å². The largest absolute Gasteiger partial charge is 0.399 e. The van der Waals surface area contributed by atoms with E-state index in [9.17, 15) is 4.79 Å². The Morgan fingerprint density at radius 3 is 2.58 bits per heavy atom. The summed E-state index contributed by atoms with van der Waals surface area (Å²) in [7, 11) is 0. The molecule has 0 unspecified atom stereocenters. The zero-order chi connectivity index (χ0) is 14.0. The van der Waals surface area contributed by atoms with Gasteiger partial charge in [-0.25, -0.2) is 0 Å². The van der Waals surface area contributed by atoms with E-state index in [1.165, 1.54) is 0 Å². The molecule has 0 radical (unpaired) electrons. The number of anilines is 1. The van der Waals surface area contributed by atoms with Crippen LogP contribution in [-0.4, -0.2) is 16.8 Å². The molecule has 1 aromatic carbocycles. The standard InChI is InChI=1S/C16H24N2O/c1-16(2,3)10-15(19)18(14-7-8-14)11-12-5-4-6-13(17)9-12/h4-6,9,14H,7-8,10-11,17H2,1-3H3. The predicted octanol–water partition coefficient (Wildman–Crippen LogP) is 3.20. The summed E-state index contributed by atoms with van der Waals surface area (Å²) in [6.45, 7) is 7.01. The average Bonchev–Trinajstić information content (AvgIpc) is 3.07. The van der Waals surface area contributed by atoms with E-state index in [0.717, 1.165) is 24.1 Å². The van der Waals surface area contributed by atoms with Gasteiger partial charge >= 0.3 is 0 Å². The van der Waals surface area contributed by atoms with Gasteiger partial charge in [-0.2, -0.15) is 0 Å². The summed E-state index contributed by atoms with van der Waals surface area (Å²) in [5.74, 6) is 0.262. The van der Waals surface area contributed by atoms with Gasteiger partial charge in [-0.3, -0.25) is 4.79 Å². The first-order valence-electron chi connectivity index (χ1n) is 6.99. The molecule has 0 atom stereocenters. The summed E-state index contributed by atoms with van der Waals surface area (Å²) >= 11 is 0. The van der Waals surface area contributed by atoms with Crippen LogP contribution in [0.15, 0.2) is 24.3 Å². The van der Waals surface area contributed by atoms with Crippen LogP contribution in [0, 0.1) is 5.41 Å². The first-order chi connectivity index (χ1) is 8.85. The summed E-state index contributed by atoms with van der Waals surface area (Å²) in [6.07, 6.45) is 2.88. The minimum Gasteiger partial charge on any atom is -0.399 e. The molecule has 0 spiro atoms. The van der Waals surface area contributed by atoms with Gasteiger partial charge in [-0.05, 0) is 36.0 Å². The fourth-order valence-corrected chi connectivity index (χ4v) is 2.25. The van der Waals surface area contributed by atoms with Crippen molar-refractivity contribution in [1.29, 1.82) is 0 Å². The Morgan fingerprint density at radius 2 is 2.05 bits per heavy atom. The summed E-state index contributed by atoms with van der Waals surface area (Å²) in [5.41, 5.74) is 7.72. The highest BCUT2D eigenvalue weighted by Crippen LogP contribution is 2.31. The van der Waals surface area contributed by atoms with Gasteiger partial charge in [-0.1, -0.05) is 32.9 Å². The molecule has 0 heterocycles. The molecule has 2 rings (SSSR count). The molecule has 0 aliphatic heterocycles. The van der Waals surface area contributed by atoms with Crippen LogP contribution in [0.4, 0.5) is 5.69 Å². The fraction of sp³-hybridized carbons (Fsp3) is 0.562. The lowest BCUT2D eigenvalue weighted by molar-refractivity contribution is -0.134. The Morgan fingerprint density at radius 1 is 1.37 bits per heavy atom. The molecule has 19 heavy (non-hydrogen) atoms. The summed E-state index contributed by atoms with van der Waals surface area (Å²) < 4.78 is 0. The third-order valence-electron chi connectivity index (χ3n) is 3.29. The van der Waals surface area contributed by atoms with E-state index in [1.807, 2.05) is 29.2 Å². The van der Waals surface area contributed by atoms with E-state index in [1.54, 1.807) is 0 Å². The number of carbonyl (C=O) groups is 1. The molecule has 2 N–H and O–H groups in total. The Balaban J connectivity index is 2.06. The van der Waals surface area contributed by atoms with E-state index in [-0.39, 0.29) is 11.3 Å². The third-order valence-corrected chi connectivity index (χ3v) is 3.29. The van der Waals surface area contributed by atoms with Gasteiger partial charge in [-0.15, -0.1) is 0 Å². The molecule has 1 fully saturated rings. The van der Waals surface area contributed by atoms with Crippen LogP contribution >= 0.6 is 0 Å². The van der Waals surface area contributed by atoms with Crippen molar-refractivity contribution in [2.24, 2.45) is 5.41 Å². The van der Waals surface area contributed by atoms with Crippen molar-refractivity contribution in [3.8, 4) is 0 Å². The second-order valence-electron chi connectivity index (χ2n) is 6.74. The van der Waals surface area contributed by atoms with Crippen molar-refractivity contribution in [2.75, 3.05) is 5.73 Å². The number of hydrogen-bond acceptors (Lipinski definition) is 2. The topological polar surface area (TPSA) is 46.3 Å². The SMILES string of the molecule is CC(C)(C)CC(=O)N(Cc1cccc(N)c1)C1CC1. The number of hydrogen-bond donors (Lipinski definition) is 1. The van der Waals surface area contributed by atoms with Gasteiger partial charge in [0.2, 0.25) is 5.91 Å². The van der Waals surface area contributed by atoms with Crippen molar-refractivity contribution < 1.29 is 4.79 Å². The molecule has 1 aliphatic rings. The van der Waals surface area contributed by atoms with E-state index in [4.69, 9.17) is 5.73 Å². The molecular weight excluding hydrogens is 236 g/mol. The Labute approximate surface area is 115 Å². The lowest BCUT2D eigenvalue weighted by Crippen LogP contribution is -2.34. The van der Waals surface area contributed by atoms with Crippen LogP contribution in [0.25, 0.3) is 0 Å². The molecule has 1 amide bonds. The van der Waals surface area contributed by atoms with Gasteiger partial charge in [0.25, 0.3) is 0 Å². The number of benzene rings is 1. The normalized spacial score (nSPS) is 15.3. The molecular formula is C16H24N2O. The van der Waals surface area contributed by atoms with E-state index >= 15 is 0 Å². The fourth-order valence-electron chi connectivity index (χ4n) is 2.25. The van der Waals surface area contributed by atoms with Gasteiger partial charge in [0.05, 0.1) is 0 Å². The van der Waals surface area contributed by atoms with Crippen LogP contribution in [0.1, 0.15) is 45.6 Å². The number of amides is 1. The van der Waals surface area contributed by atoms with Crippen molar-refractivity contribution in [2.45, 2.75) is 52.6 Å². The zero-order valence-corrected chi connectivity index (χ0v) is 12.1. The molecule has 0 bridgehead atoms. The number of nitrogens with zero attached hydrogens (tertiary/aromatic N) is 1. The van der Waals surface area contributed by atoms with Gasteiger partial charge in [0, 0.05) is 24.7 Å². The lowest BCUT2D eigenvalue weighted by atomic mass is 9.91. The molecule has 0 aromatic heterocycles. The highest BCUT2D eigenvalue weighted by Gasteiger charge is 2.33. The predicted molar refractivity (Wildman–Crippen MR) is 78.5 cm³/mol. The highest BCUT2D eigenvalue weighted by molar-refractivity contribution is 5.77. The smallest absolute Gasteiger partial charge is 0.223 e. The second-order valence-corrected chi connectivity index (χ2v) is 6.74. The maximum atomic E-state index is 12.4. The molecule has 1 aromatic rings.